The number of carbonyl (C=O) groups excluding carboxylic acids is 1. The van der Waals surface area contributed by atoms with Crippen molar-refractivity contribution in [1.82, 2.24) is 19.9 Å². The lowest BCUT2D eigenvalue weighted by Crippen LogP contribution is -2.31. The van der Waals surface area contributed by atoms with Crippen molar-refractivity contribution in [3.63, 3.8) is 0 Å². The van der Waals surface area contributed by atoms with E-state index in [9.17, 15) is 9.90 Å². The van der Waals surface area contributed by atoms with Crippen LogP contribution in [0.15, 0.2) is 85.3 Å². The second-order valence-corrected chi connectivity index (χ2v) is 7.19. The highest BCUT2D eigenvalue weighted by Crippen LogP contribution is 2.22. The minimum absolute atomic E-state index is 0. The van der Waals surface area contributed by atoms with E-state index in [1.807, 2.05) is 66.7 Å². The van der Waals surface area contributed by atoms with Crippen LogP contribution in [0, 0.1) is 0 Å². The summed E-state index contributed by atoms with van der Waals surface area (Å²) in [5.41, 5.74) is 3.59. The molecule has 0 saturated heterocycles. The Labute approximate surface area is 203 Å². The molecule has 8 heteroatoms. The topological polar surface area (TPSA) is 94.1 Å². The number of nitrogens with one attached hydrogen (secondary N) is 2. The molecule has 1 unspecified atom stereocenters. The summed E-state index contributed by atoms with van der Waals surface area (Å²) in [6, 6.07) is 22.6. The van der Waals surface area contributed by atoms with Crippen molar-refractivity contribution < 1.29 is 9.90 Å². The number of carbonyl (C=O) groups is 1. The molecule has 4 aromatic rings. The quantitative estimate of drug-likeness (QED) is 0.297. The van der Waals surface area contributed by atoms with E-state index in [-0.39, 0.29) is 36.4 Å². The van der Waals surface area contributed by atoms with Crippen LogP contribution in [0.5, 0.6) is 0 Å². The van der Waals surface area contributed by atoms with Gasteiger partial charge >= 0.3 is 0 Å². The average Bonchev–Trinajstić information content (AvgIpc) is 3.30. The van der Waals surface area contributed by atoms with E-state index < -0.39 is 6.10 Å². The lowest BCUT2D eigenvalue weighted by atomic mass is 10.1. The van der Waals surface area contributed by atoms with Crippen LogP contribution in [-0.2, 0) is 0 Å². The first-order valence-corrected chi connectivity index (χ1v) is 9.91. The molecule has 7 nitrogen and oxygen atoms in total. The Morgan fingerprint density at radius 1 is 1.06 bits per heavy atom. The normalized spacial score (nSPS) is 11.3. The Kier molecular flexibility index (Phi) is 7.96. The number of aromatic nitrogens is 3. The molecule has 1 atom stereocenters. The molecule has 2 aromatic heterocycles. The van der Waals surface area contributed by atoms with Crippen LogP contribution < -0.4 is 5.32 Å². The number of aliphatic hydroxyl groups is 1. The number of amides is 1. The lowest BCUT2D eigenvalue weighted by Gasteiger charge is -2.20. The molecule has 2 aromatic carbocycles. The summed E-state index contributed by atoms with van der Waals surface area (Å²) in [6.45, 7) is 0.190. The summed E-state index contributed by atoms with van der Waals surface area (Å²) >= 11 is 0. The van der Waals surface area contributed by atoms with Gasteiger partial charge in [-0.1, -0.05) is 48.5 Å². The molecule has 0 aliphatic heterocycles. The van der Waals surface area contributed by atoms with Gasteiger partial charge < -0.3 is 20.3 Å². The average molecular weight is 541 g/mol. The number of halogens is 1. The summed E-state index contributed by atoms with van der Waals surface area (Å²) < 4.78 is 0. The zero-order valence-corrected chi connectivity index (χ0v) is 19.8. The van der Waals surface area contributed by atoms with Gasteiger partial charge in [0.15, 0.2) is 0 Å². The van der Waals surface area contributed by atoms with Crippen molar-refractivity contribution >= 4 is 41.4 Å². The Morgan fingerprint density at radius 3 is 2.47 bits per heavy atom. The van der Waals surface area contributed by atoms with Crippen molar-refractivity contribution in [3.8, 4) is 11.3 Å². The fourth-order valence-corrected chi connectivity index (χ4v) is 3.25. The Morgan fingerprint density at radius 2 is 1.75 bits per heavy atom. The summed E-state index contributed by atoms with van der Waals surface area (Å²) in [5, 5.41) is 13.6. The Hall–Kier alpha value is -3.24. The fourth-order valence-electron chi connectivity index (χ4n) is 3.25. The molecular weight excluding hydrogens is 517 g/mol. The molecule has 0 fully saturated rings. The largest absolute Gasteiger partial charge is 0.387 e. The molecule has 0 radical (unpaired) electrons. The van der Waals surface area contributed by atoms with Crippen LogP contribution in [-0.4, -0.2) is 44.5 Å². The van der Waals surface area contributed by atoms with E-state index in [1.165, 1.54) is 11.2 Å². The third-order valence-electron chi connectivity index (χ3n) is 4.90. The first-order chi connectivity index (χ1) is 15.1. The molecule has 164 valence electrons. The number of H-pyrrole nitrogens is 1. The van der Waals surface area contributed by atoms with E-state index >= 15 is 0 Å². The number of aromatic amines is 1. The second-order valence-electron chi connectivity index (χ2n) is 7.19. The van der Waals surface area contributed by atoms with Gasteiger partial charge in [0.1, 0.15) is 17.8 Å². The van der Waals surface area contributed by atoms with Crippen molar-refractivity contribution in [2.75, 3.05) is 18.9 Å². The van der Waals surface area contributed by atoms with E-state index in [0.29, 0.717) is 17.2 Å². The number of likely N-dealkylation sites (N-methyl/N-ethyl adjacent to an activating group) is 1. The summed E-state index contributed by atoms with van der Waals surface area (Å²) in [6.07, 6.45) is 2.47. The number of rotatable bonds is 7. The lowest BCUT2D eigenvalue weighted by molar-refractivity contribution is 0.0676. The van der Waals surface area contributed by atoms with Crippen molar-refractivity contribution in [2.24, 2.45) is 0 Å². The van der Waals surface area contributed by atoms with Crippen molar-refractivity contribution in [1.29, 1.82) is 0 Å². The first kappa shape index (κ1) is 23.4. The molecule has 32 heavy (non-hydrogen) atoms. The molecule has 2 heterocycles. The van der Waals surface area contributed by atoms with Gasteiger partial charge in [0.25, 0.3) is 5.91 Å². The highest BCUT2D eigenvalue weighted by atomic mass is 127. The fraction of sp³-hybridized carbons (Fsp3) is 0.125. The third kappa shape index (κ3) is 5.71. The van der Waals surface area contributed by atoms with Crippen molar-refractivity contribution in [2.45, 2.75) is 6.10 Å². The smallest absolute Gasteiger partial charge is 0.270 e. The molecule has 4 rings (SSSR count). The molecule has 0 saturated carbocycles. The maximum absolute atomic E-state index is 12.8. The van der Waals surface area contributed by atoms with Gasteiger partial charge in [-0.15, -0.1) is 24.0 Å². The van der Waals surface area contributed by atoms with Gasteiger partial charge in [-0.2, -0.15) is 0 Å². The number of benzene rings is 2. The second kappa shape index (κ2) is 10.9. The standard InChI is InChI=1S/C24H23N5O2.HI/c1-29(15-22(30)17-8-4-2-5-9-17)24(31)21-12-18(14-25-21)20-13-23(27-16-26-20)28-19-10-6-3-7-11-19;/h2-14,16,22,25,30H,15H2,1H3,(H,26,27,28);1H. The van der Waals surface area contributed by atoms with Crippen molar-refractivity contribution in [3.05, 3.63) is 96.6 Å². The van der Waals surface area contributed by atoms with Gasteiger partial charge in [-0.3, -0.25) is 4.79 Å². The summed E-state index contributed by atoms with van der Waals surface area (Å²) in [5.74, 6) is 0.450. The van der Waals surface area contributed by atoms with Crippen LogP contribution >= 0.6 is 24.0 Å². The molecule has 3 N–H and O–H groups in total. The monoisotopic (exact) mass is 541 g/mol. The SMILES string of the molecule is CN(CC(O)c1ccccc1)C(=O)c1cc(-c2cc(Nc3ccccc3)ncn2)c[nH]1.I. The predicted molar refractivity (Wildman–Crippen MR) is 135 cm³/mol. The minimum Gasteiger partial charge on any atom is -0.387 e. The van der Waals surface area contributed by atoms with E-state index in [2.05, 4.69) is 20.3 Å². The van der Waals surface area contributed by atoms with Gasteiger partial charge in [0, 0.05) is 30.6 Å². The van der Waals surface area contributed by atoms with Gasteiger partial charge in [-0.25, -0.2) is 9.97 Å². The molecule has 0 bridgehead atoms. The number of nitrogens with zero attached hydrogens (tertiary/aromatic N) is 3. The van der Waals surface area contributed by atoms with Gasteiger partial charge in [0.05, 0.1) is 18.3 Å². The molecule has 0 aliphatic rings. The molecular formula is C24H24IN5O2. The predicted octanol–water partition coefficient (Wildman–Crippen LogP) is 4.64. The van der Waals surface area contributed by atoms with E-state index in [0.717, 1.165) is 16.8 Å². The maximum Gasteiger partial charge on any atom is 0.270 e. The van der Waals surface area contributed by atoms with Gasteiger partial charge in [0.2, 0.25) is 0 Å². The van der Waals surface area contributed by atoms with E-state index in [4.69, 9.17) is 0 Å². The highest BCUT2D eigenvalue weighted by Gasteiger charge is 2.18. The van der Waals surface area contributed by atoms with E-state index in [1.54, 1.807) is 19.3 Å². The number of para-hydroxylation sites is 1. The Bertz CT molecular complexity index is 1150. The summed E-state index contributed by atoms with van der Waals surface area (Å²) in [7, 11) is 1.67. The number of hydrogen-bond acceptors (Lipinski definition) is 5. The van der Waals surface area contributed by atoms with Crippen LogP contribution in [0.1, 0.15) is 22.2 Å². The maximum atomic E-state index is 12.8. The minimum atomic E-state index is -0.752. The van der Waals surface area contributed by atoms with Crippen LogP contribution in [0.25, 0.3) is 11.3 Å². The molecule has 0 aliphatic carbocycles. The Balaban J connectivity index is 0.00000289. The van der Waals surface area contributed by atoms with Gasteiger partial charge in [-0.05, 0) is 23.8 Å². The number of aliphatic hydroxyl groups excluding tert-OH is 1. The summed E-state index contributed by atoms with van der Waals surface area (Å²) in [4.78, 5) is 25.9. The van der Waals surface area contributed by atoms with Crippen LogP contribution in [0.3, 0.4) is 0 Å². The highest BCUT2D eigenvalue weighted by molar-refractivity contribution is 14.0. The van der Waals surface area contributed by atoms with Crippen LogP contribution in [0.4, 0.5) is 11.5 Å². The zero-order valence-electron chi connectivity index (χ0n) is 17.5. The number of hydrogen-bond donors (Lipinski definition) is 3. The first-order valence-electron chi connectivity index (χ1n) is 9.91. The zero-order chi connectivity index (χ0) is 21.6. The third-order valence-corrected chi connectivity index (χ3v) is 4.90. The molecule has 1 amide bonds. The number of anilines is 2. The van der Waals surface area contributed by atoms with Crippen LogP contribution in [0.2, 0.25) is 0 Å². The molecule has 0 spiro atoms.